The Bertz CT molecular complexity index is 1080. The first-order chi connectivity index (χ1) is 17.3. The van der Waals surface area contributed by atoms with Crippen molar-refractivity contribution in [1.29, 1.82) is 0 Å². The summed E-state index contributed by atoms with van der Waals surface area (Å²) in [6.45, 7) is 3.08. The third-order valence-corrected chi connectivity index (χ3v) is 6.55. The molecular formula is C25H30ClN5O5. The zero-order chi connectivity index (χ0) is 25.7. The number of nitrogens with zero attached hydrogens (tertiary/aromatic N) is 3. The number of likely N-dealkylation sites (tertiary alicyclic amines) is 1. The lowest BCUT2D eigenvalue weighted by Crippen LogP contribution is -2.45. The Balaban J connectivity index is 1.34. The summed E-state index contributed by atoms with van der Waals surface area (Å²) in [5, 5.41) is 16.2. The van der Waals surface area contributed by atoms with Gasteiger partial charge in [0.2, 0.25) is 11.8 Å². The molecular weight excluding hydrogens is 486 g/mol. The van der Waals surface area contributed by atoms with Crippen molar-refractivity contribution in [2.75, 3.05) is 62.0 Å². The van der Waals surface area contributed by atoms with Crippen LogP contribution in [0.1, 0.15) is 6.42 Å². The number of rotatable bonds is 6. The van der Waals surface area contributed by atoms with Gasteiger partial charge in [-0.3, -0.25) is 14.5 Å². The van der Waals surface area contributed by atoms with Gasteiger partial charge in [0.25, 0.3) is 0 Å². The third kappa shape index (κ3) is 6.52. The molecule has 36 heavy (non-hydrogen) atoms. The molecule has 2 aliphatic heterocycles. The van der Waals surface area contributed by atoms with Crippen molar-refractivity contribution >= 4 is 46.5 Å². The number of nitrogens with one attached hydrogen (secondary N) is 2. The Hall–Kier alpha value is -3.18. The molecule has 4 amide bonds. The molecule has 2 saturated heterocycles. The van der Waals surface area contributed by atoms with E-state index in [1.54, 1.807) is 60.5 Å². The summed E-state index contributed by atoms with van der Waals surface area (Å²) >= 11 is 5.88. The van der Waals surface area contributed by atoms with Crippen molar-refractivity contribution in [3.63, 3.8) is 0 Å². The molecule has 10 nitrogen and oxygen atoms in total. The average Bonchev–Trinajstić information content (AvgIpc) is 3.28. The molecule has 11 heteroatoms. The number of hydrogen-bond acceptors (Lipinski definition) is 6. The van der Waals surface area contributed by atoms with Crippen molar-refractivity contribution in [2.45, 2.75) is 18.6 Å². The largest absolute Gasteiger partial charge is 0.391 e. The number of β-amino-alcohol motifs (C(OH)–C–C–N with tert-alkyl or cyclic N) is 1. The van der Waals surface area contributed by atoms with Crippen LogP contribution in [-0.4, -0.2) is 91.3 Å². The number of amides is 4. The van der Waals surface area contributed by atoms with E-state index in [2.05, 4.69) is 15.5 Å². The first-order valence-corrected chi connectivity index (χ1v) is 12.2. The number of carbonyl (C=O) groups excluding carboxylic acids is 3. The molecule has 0 spiro atoms. The van der Waals surface area contributed by atoms with E-state index >= 15 is 0 Å². The maximum atomic E-state index is 13.0. The number of aliphatic hydroxyl groups is 1. The van der Waals surface area contributed by atoms with Gasteiger partial charge in [-0.05, 0) is 48.5 Å². The summed E-state index contributed by atoms with van der Waals surface area (Å²) in [4.78, 5) is 43.3. The van der Waals surface area contributed by atoms with Crippen LogP contribution in [-0.2, 0) is 14.3 Å². The molecule has 2 heterocycles. The number of morpholine rings is 1. The summed E-state index contributed by atoms with van der Waals surface area (Å²) < 4.78 is 5.32. The highest BCUT2D eigenvalue weighted by Crippen LogP contribution is 2.23. The lowest BCUT2D eigenvalue weighted by atomic mass is 10.1. The lowest BCUT2D eigenvalue weighted by molar-refractivity contribution is -0.120. The van der Waals surface area contributed by atoms with Crippen LogP contribution in [0.2, 0.25) is 5.02 Å². The molecule has 0 aromatic heterocycles. The molecule has 0 unspecified atom stereocenters. The van der Waals surface area contributed by atoms with Crippen LogP contribution in [0.5, 0.6) is 0 Å². The van der Waals surface area contributed by atoms with Crippen molar-refractivity contribution in [3.05, 3.63) is 53.6 Å². The van der Waals surface area contributed by atoms with E-state index in [0.29, 0.717) is 41.8 Å². The second-order valence-corrected chi connectivity index (χ2v) is 9.31. The summed E-state index contributed by atoms with van der Waals surface area (Å²) in [5.41, 5.74) is 1.76. The van der Waals surface area contributed by atoms with E-state index in [1.807, 2.05) is 0 Å². The molecule has 2 aromatic rings. The first kappa shape index (κ1) is 25.9. The maximum absolute atomic E-state index is 13.0. The SMILES string of the molecule is CN(C(=O)CN1CCOCC1)c1ccc(NC(=O)[C@H]2C[C@@H](O)CN2C(=O)Nc2ccc(Cl)cc2)cc1. The van der Waals surface area contributed by atoms with Gasteiger partial charge < -0.3 is 30.3 Å². The van der Waals surface area contributed by atoms with E-state index < -0.39 is 24.1 Å². The topological polar surface area (TPSA) is 114 Å². The number of benzene rings is 2. The van der Waals surface area contributed by atoms with Crippen LogP contribution in [0.25, 0.3) is 0 Å². The molecule has 2 fully saturated rings. The van der Waals surface area contributed by atoms with E-state index in [0.717, 1.165) is 13.1 Å². The van der Waals surface area contributed by atoms with E-state index in [9.17, 15) is 19.5 Å². The van der Waals surface area contributed by atoms with E-state index in [4.69, 9.17) is 16.3 Å². The quantitative estimate of drug-likeness (QED) is 0.543. The van der Waals surface area contributed by atoms with Crippen LogP contribution in [0.3, 0.4) is 0 Å². The fraction of sp³-hybridized carbons (Fsp3) is 0.400. The van der Waals surface area contributed by atoms with E-state index in [1.165, 1.54) is 4.90 Å². The minimum absolute atomic E-state index is 0.0315. The highest BCUT2D eigenvalue weighted by molar-refractivity contribution is 6.30. The Morgan fingerprint density at radius 3 is 2.31 bits per heavy atom. The highest BCUT2D eigenvalue weighted by Gasteiger charge is 2.39. The van der Waals surface area contributed by atoms with Crippen LogP contribution in [0.4, 0.5) is 21.9 Å². The van der Waals surface area contributed by atoms with Crippen LogP contribution >= 0.6 is 11.6 Å². The van der Waals surface area contributed by atoms with Crippen LogP contribution < -0.4 is 15.5 Å². The molecule has 2 aliphatic rings. The molecule has 0 radical (unpaired) electrons. The summed E-state index contributed by atoms with van der Waals surface area (Å²) in [6.07, 6.45) is -0.665. The first-order valence-electron chi connectivity index (χ1n) is 11.8. The smallest absolute Gasteiger partial charge is 0.322 e. The predicted octanol–water partition coefficient (Wildman–Crippen LogP) is 2.24. The van der Waals surface area contributed by atoms with Gasteiger partial charge in [0.1, 0.15) is 6.04 Å². The van der Waals surface area contributed by atoms with Crippen molar-refractivity contribution in [1.82, 2.24) is 9.80 Å². The number of likely N-dealkylation sites (N-methyl/N-ethyl adjacent to an activating group) is 1. The monoisotopic (exact) mass is 515 g/mol. The zero-order valence-electron chi connectivity index (χ0n) is 20.0. The summed E-state index contributed by atoms with van der Waals surface area (Å²) in [6, 6.07) is 12.2. The average molecular weight is 516 g/mol. The standard InChI is InChI=1S/C25H30ClN5O5/c1-29(23(33)16-30-10-12-36-13-11-30)20-8-6-18(7-9-20)27-24(34)22-14-21(32)15-31(22)25(35)28-19-4-2-17(26)3-5-19/h2-9,21-22,32H,10-16H2,1H3,(H,27,34)(H,28,35)/t21-,22-/m1/s1. The fourth-order valence-corrected chi connectivity index (χ4v) is 4.34. The van der Waals surface area contributed by atoms with Crippen molar-refractivity contribution in [3.8, 4) is 0 Å². The molecule has 2 atom stereocenters. The second-order valence-electron chi connectivity index (χ2n) is 8.87. The van der Waals surface area contributed by atoms with Gasteiger partial charge in [-0.2, -0.15) is 0 Å². The van der Waals surface area contributed by atoms with Gasteiger partial charge in [0, 0.05) is 55.2 Å². The number of urea groups is 1. The number of aliphatic hydroxyl groups excluding tert-OH is 1. The highest BCUT2D eigenvalue weighted by atomic mass is 35.5. The van der Waals surface area contributed by atoms with E-state index in [-0.39, 0.29) is 18.9 Å². The minimum atomic E-state index is -0.829. The van der Waals surface area contributed by atoms with Gasteiger partial charge in [0.05, 0.1) is 25.9 Å². The number of anilines is 3. The second kappa shape index (κ2) is 11.7. The van der Waals surface area contributed by atoms with Crippen molar-refractivity contribution in [2.24, 2.45) is 0 Å². The lowest BCUT2D eigenvalue weighted by Gasteiger charge is -2.28. The normalized spacial score (nSPS) is 20.1. The Morgan fingerprint density at radius 1 is 1.03 bits per heavy atom. The van der Waals surface area contributed by atoms with Gasteiger partial charge in [0.15, 0.2) is 0 Å². The van der Waals surface area contributed by atoms with Crippen LogP contribution in [0.15, 0.2) is 48.5 Å². The Morgan fingerprint density at radius 2 is 1.64 bits per heavy atom. The minimum Gasteiger partial charge on any atom is -0.391 e. The molecule has 3 N–H and O–H groups in total. The van der Waals surface area contributed by atoms with Gasteiger partial charge in [-0.15, -0.1) is 0 Å². The number of carbonyl (C=O) groups is 3. The molecule has 2 aromatic carbocycles. The molecule has 0 aliphatic carbocycles. The predicted molar refractivity (Wildman–Crippen MR) is 137 cm³/mol. The number of ether oxygens (including phenoxy) is 1. The van der Waals surface area contributed by atoms with Crippen molar-refractivity contribution < 1.29 is 24.2 Å². The summed E-state index contributed by atoms with van der Waals surface area (Å²) in [7, 11) is 1.72. The molecule has 0 saturated carbocycles. The Kier molecular flexibility index (Phi) is 8.42. The number of hydrogen-bond donors (Lipinski definition) is 3. The zero-order valence-corrected chi connectivity index (χ0v) is 20.8. The fourth-order valence-electron chi connectivity index (χ4n) is 4.21. The molecule has 4 rings (SSSR count). The van der Waals surface area contributed by atoms with Gasteiger partial charge in [-0.25, -0.2) is 4.79 Å². The molecule has 192 valence electrons. The van der Waals surface area contributed by atoms with Gasteiger partial charge in [-0.1, -0.05) is 11.6 Å². The maximum Gasteiger partial charge on any atom is 0.322 e. The van der Waals surface area contributed by atoms with Gasteiger partial charge >= 0.3 is 6.03 Å². The molecule has 0 bridgehead atoms. The van der Waals surface area contributed by atoms with Crippen LogP contribution in [0, 0.1) is 0 Å². The summed E-state index contributed by atoms with van der Waals surface area (Å²) in [5.74, 6) is -0.432. The number of halogens is 1. The Labute approximate surface area is 214 Å². The third-order valence-electron chi connectivity index (χ3n) is 6.30.